The van der Waals surface area contributed by atoms with Crippen LogP contribution in [-0.4, -0.2) is 55.2 Å². The van der Waals surface area contributed by atoms with Crippen molar-refractivity contribution in [3.05, 3.63) is 0 Å². The van der Waals surface area contributed by atoms with E-state index < -0.39 is 6.10 Å². The number of likely N-dealkylation sites (N-methyl/N-ethyl adjacent to an activating group) is 1. The Morgan fingerprint density at radius 2 is 2.25 bits per heavy atom. The summed E-state index contributed by atoms with van der Waals surface area (Å²) in [6.07, 6.45) is 4.39. The number of carbonyl (C=O) groups excluding carboxylic acids is 1. The van der Waals surface area contributed by atoms with Crippen LogP contribution in [0.3, 0.4) is 0 Å². The van der Waals surface area contributed by atoms with Crippen LogP contribution in [0.15, 0.2) is 0 Å². The predicted molar refractivity (Wildman–Crippen MR) is 62.4 cm³/mol. The Balaban J connectivity index is 2.43. The molecule has 0 spiro atoms. The average molecular weight is 229 g/mol. The van der Waals surface area contributed by atoms with Crippen LogP contribution in [0.1, 0.15) is 32.1 Å². The van der Waals surface area contributed by atoms with E-state index in [4.69, 9.17) is 4.74 Å². The zero-order chi connectivity index (χ0) is 12.0. The van der Waals surface area contributed by atoms with Crippen LogP contribution in [0.4, 0.5) is 0 Å². The van der Waals surface area contributed by atoms with E-state index in [9.17, 15) is 9.90 Å². The number of hydrogen-bond donors (Lipinski definition) is 1. The van der Waals surface area contributed by atoms with Gasteiger partial charge in [-0.1, -0.05) is 12.8 Å². The van der Waals surface area contributed by atoms with Crippen LogP contribution in [0.5, 0.6) is 0 Å². The summed E-state index contributed by atoms with van der Waals surface area (Å²) in [6.45, 7) is 0.829. The summed E-state index contributed by atoms with van der Waals surface area (Å²) in [5, 5.41) is 9.63. The number of carbonyl (C=O) groups is 1. The van der Waals surface area contributed by atoms with E-state index in [-0.39, 0.29) is 6.04 Å². The molecule has 2 atom stereocenters. The summed E-state index contributed by atoms with van der Waals surface area (Å²) < 4.78 is 4.88. The molecule has 2 unspecified atom stereocenters. The first-order chi connectivity index (χ1) is 7.65. The molecule has 0 saturated heterocycles. The van der Waals surface area contributed by atoms with E-state index in [0.29, 0.717) is 25.4 Å². The second-order valence-corrected chi connectivity index (χ2v) is 4.63. The Kier molecular flexibility index (Phi) is 5.95. The lowest BCUT2D eigenvalue weighted by atomic mass is 10.1. The van der Waals surface area contributed by atoms with Gasteiger partial charge in [-0.3, -0.25) is 9.69 Å². The van der Waals surface area contributed by atoms with Crippen molar-refractivity contribution in [1.82, 2.24) is 4.90 Å². The molecule has 4 heteroatoms. The molecule has 1 saturated carbocycles. The van der Waals surface area contributed by atoms with Gasteiger partial charge in [0.1, 0.15) is 5.78 Å². The molecule has 1 aliphatic carbocycles. The van der Waals surface area contributed by atoms with Crippen LogP contribution in [0, 0.1) is 0 Å². The van der Waals surface area contributed by atoms with E-state index in [1.807, 2.05) is 11.9 Å². The van der Waals surface area contributed by atoms with Gasteiger partial charge < -0.3 is 9.84 Å². The lowest BCUT2D eigenvalue weighted by molar-refractivity contribution is -0.124. The smallest absolute Gasteiger partial charge is 0.149 e. The molecule has 0 aliphatic heterocycles. The van der Waals surface area contributed by atoms with Crippen molar-refractivity contribution < 1.29 is 14.6 Å². The van der Waals surface area contributed by atoms with Gasteiger partial charge in [-0.15, -0.1) is 0 Å². The van der Waals surface area contributed by atoms with Crippen molar-refractivity contribution in [3.8, 4) is 0 Å². The number of Topliss-reactive ketones (excluding diaryl/α,β-unsaturated/α-hetero) is 1. The number of rotatable bonds is 5. The van der Waals surface area contributed by atoms with Crippen molar-refractivity contribution >= 4 is 5.78 Å². The highest BCUT2D eigenvalue weighted by Crippen LogP contribution is 2.18. The van der Waals surface area contributed by atoms with Gasteiger partial charge in [-0.25, -0.2) is 0 Å². The zero-order valence-electron chi connectivity index (χ0n) is 10.3. The van der Waals surface area contributed by atoms with Crippen LogP contribution in [0.2, 0.25) is 0 Å². The Morgan fingerprint density at radius 1 is 1.50 bits per heavy atom. The molecule has 0 heterocycles. The number of aliphatic hydroxyl groups excluding tert-OH is 1. The average Bonchev–Trinajstić information content (AvgIpc) is 2.43. The van der Waals surface area contributed by atoms with E-state index in [1.165, 1.54) is 0 Å². The topological polar surface area (TPSA) is 49.8 Å². The lowest BCUT2D eigenvalue weighted by Crippen LogP contribution is -2.43. The van der Waals surface area contributed by atoms with Gasteiger partial charge in [0.2, 0.25) is 0 Å². The first-order valence-corrected chi connectivity index (χ1v) is 6.05. The summed E-state index contributed by atoms with van der Waals surface area (Å²) in [7, 11) is 3.48. The first-order valence-electron chi connectivity index (χ1n) is 6.05. The second-order valence-electron chi connectivity index (χ2n) is 4.63. The van der Waals surface area contributed by atoms with Crippen molar-refractivity contribution in [1.29, 1.82) is 0 Å². The van der Waals surface area contributed by atoms with E-state index in [1.54, 1.807) is 7.11 Å². The van der Waals surface area contributed by atoms with Crippen molar-refractivity contribution in [3.63, 3.8) is 0 Å². The summed E-state index contributed by atoms with van der Waals surface area (Å²) in [6, 6.07) is -0.00555. The number of ether oxygens (including phenoxy) is 1. The Hall–Kier alpha value is -0.450. The Bertz CT molecular complexity index is 220. The normalized spacial score (nSPS) is 24.5. The molecule has 1 fully saturated rings. The molecule has 4 nitrogen and oxygen atoms in total. The van der Waals surface area contributed by atoms with Gasteiger partial charge in [0, 0.05) is 20.1 Å². The summed E-state index contributed by atoms with van der Waals surface area (Å²) in [5.74, 6) is 0.324. The van der Waals surface area contributed by atoms with Crippen LogP contribution < -0.4 is 0 Å². The summed E-state index contributed by atoms with van der Waals surface area (Å²) in [5.41, 5.74) is 0. The minimum Gasteiger partial charge on any atom is -0.389 e. The highest BCUT2D eigenvalue weighted by atomic mass is 16.5. The molecule has 94 valence electrons. The van der Waals surface area contributed by atoms with Gasteiger partial charge in [-0.05, 0) is 19.9 Å². The fourth-order valence-corrected chi connectivity index (χ4v) is 2.31. The third-order valence-corrected chi connectivity index (χ3v) is 3.16. The van der Waals surface area contributed by atoms with E-state index in [2.05, 4.69) is 0 Å². The largest absolute Gasteiger partial charge is 0.389 e. The van der Waals surface area contributed by atoms with Gasteiger partial charge in [-0.2, -0.15) is 0 Å². The van der Waals surface area contributed by atoms with E-state index >= 15 is 0 Å². The number of methoxy groups -OCH3 is 1. The van der Waals surface area contributed by atoms with Gasteiger partial charge in [0.05, 0.1) is 18.8 Å². The fraction of sp³-hybridized carbons (Fsp3) is 0.917. The van der Waals surface area contributed by atoms with Crippen molar-refractivity contribution in [2.75, 3.05) is 27.3 Å². The van der Waals surface area contributed by atoms with Gasteiger partial charge >= 0.3 is 0 Å². The van der Waals surface area contributed by atoms with E-state index in [0.717, 1.165) is 25.7 Å². The van der Waals surface area contributed by atoms with Crippen LogP contribution in [-0.2, 0) is 9.53 Å². The highest BCUT2D eigenvalue weighted by molar-refractivity contribution is 5.84. The van der Waals surface area contributed by atoms with Crippen molar-refractivity contribution in [2.24, 2.45) is 0 Å². The molecule has 1 rings (SSSR count). The maximum atomic E-state index is 11.8. The molecular formula is C12H23NO3. The van der Waals surface area contributed by atoms with Gasteiger partial charge in [0.25, 0.3) is 0 Å². The number of nitrogens with zero attached hydrogens (tertiary/aromatic N) is 1. The van der Waals surface area contributed by atoms with Crippen molar-refractivity contribution in [2.45, 2.75) is 44.2 Å². The van der Waals surface area contributed by atoms with Crippen LogP contribution >= 0.6 is 0 Å². The lowest BCUT2D eigenvalue weighted by Gasteiger charge is -2.27. The monoisotopic (exact) mass is 229 g/mol. The first kappa shape index (κ1) is 13.6. The van der Waals surface area contributed by atoms with Crippen LogP contribution in [0.25, 0.3) is 0 Å². The second kappa shape index (κ2) is 6.99. The highest BCUT2D eigenvalue weighted by Gasteiger charge is 2.25. The number of hydrogen-bond acceptors (Lipinski definition) is 4. The molecule has 0 aromatic carbocycles. The Morgan fingerprint density at radius 3 is 2.94 bits per heavy atom. The molecular weight excluding hydrogens is 206 g/mol. The molecule has 0 amide bonds. The quantitative estimate of drug-likeness (QED) is 0.709. The number of ketones is 1. The molecule has 0 aromatic rings. The molecule has 1 N–H and O–H groups in total. The number of aliphatic hydroxyl groups is 1. The predicted octanol–water partition coefficient (Wildman–Crippen LogP) is 0.827. The molecule has 1 aliphatic rings. The Labute approximate surface area is 97.6 Å². The maximum absolute atomic E-state index is 11.8. The minimum absolute atomic E-state index is 0.00555. The minimum atomic E-state index is -0.508. The maximum Gasteiger partial charge on any atom is 0.149 e. The molecule has 0 aromatic heterocycles. The molecule has 0 radical (unpaired) electrons. The molecule has 16 heavy (non-hydrogen) atoms. The SMILES string of the molecule is COCC(O)CN(C)C1CCCCCC1=O. The third kappa shape index (κ3) is 4.20. The fourth-order valence-electron chi connectivity index (χ4n) is 2.31. The summed E-state index contributed by atoms with van der Waals surface area (Å²) >= 11 is 0. The standard InChI is InChI=1S/C12H23NO3/c1-13(8-10(14)9-16-2)11-6-4-3-5-7-12(11)15/h10-11,14H,3-9H2,1-2H3. The summed E-state index contributed by atoms with van der Waals surface area (Å²) in [4.78, 5) is 13.8. The molecule has 0 bridgehead atoms. The third-order valence-electron chi connectivity index (χ3n) is 3.16. The van der Waals surface area contributed by atoms with Gasteiger partial charge in [0.15, 0.2) is 0 Å². The zero-order valence-corrected chi connectivity index (χ0v) is 10.3.